The zero-order chi connectivity index (χ0) is 6.74. The second kappa shape index (κ2) is 2.74. The summed E-state index contributed by atoms with van der Waals surface area (Å²) in [6.07, 6.45) is 4.45. The number of carbonyl (C=O) groups is 1. The van der Waals surface area contributed by atoms with Crippen molar-refractivity contribution in [2.75, 3.05) is 5.75 Å². The smallest absolute Gasteiger partial charge is 0.136 e. The van der Waals surface area contributed by atoms with Gasteiger partial charge in [0.2, 0.25) is 0 Å². The zero-order valence-electron chi connectivity index (χ0n) is 5.72. The van der Waals surface area contributed by atoms with Gasteiger partial charge < -0.3 is 4.79 Å². The molecule has 1 aliphatic heterocycles. The summed E-state index contributed by atoms with van der Waals surface area (Å²) >= 11 is 1.82. The van der Waals surface area contributed by atoms with Crippen LogP contribution < -0.4 is 0 Å². The molecule has 1 atom stereocenters. The molecule has 1 unspecified atom stereocenters. The lowest BCUT2D eigenvalue weighted by Gasteiger charge is -2.16. The van der Waals surface area contributed by atoms with Crippen LogP contribution in [0.4, 0.5) is 0 Å². The SMILES string of the molecule is CCC1(C=O)CCCS1. The molecule has 2 heteroatoms. The normalized spacial score (nSPS) is 34.8. The Bertz CT molecular complexity index is 105. The minimum absolute atomic E-state index is 0.0139. The molecule has 0 amide bonds. The molecule has 9 heavy (non-hydrogen) atoms. The molecule has 0 N–H and O–H groups in total. The fourth-order valence-corrected chi connectivity index (χ4v) is 2.43. The summed E-state index contributed by atoms with van der Waals surface area (Å²) < 4.78 is 0.0139. The molecular formula is C7H12OS. The Morgan fingerprint density at radius 2 is 2.56 bits per heavy atom. The first-order valence-corrected chi connectivity index (χ1v) is 4.42. The van der Waals surface area contributed by atoms with Crippen LogP contribution >= 0.6 is 11.8 Å². The standard InChI is InChI=1S/C7H12OS/c1-2-7(6-8)4-3-5-9-7/h6H,2-5H2,1H3. The van der Waals surface area contributed by atoms with Crippen molar-refractivity contribution in [3.05, 3.63) is 0 Å². The molecule has 1 heterocycles. The summed E-state index contributed by atoms with van der Waals surface area (Å²) in [5, 5.41) is 0. The van der Waals surface area contributed by atoms with E-state index in [1.54, 1.807) is 0 Å². The van der Waals surface area contributed by atoms with Crippen LogP contribution in [-0.2, 0) is 4.79 Å². The van der Waals surface area contributed by atoms with E-state index in [4.69, 9.17) is 0 Å². The number of rotatable bonds is 2. The van der Waals surface area contributed by atoms with Crippen molar-refractivity contribution >= 4 is 18.0 Å². The predicted molar refractivity (Wildman–Crippen MR) is 40.8 cm³/mol. The maximum Gasteiger partial charge on any atom is 0.136 e. The van der Waals surface area contributed by atoms with Gasteiger partial charge in [-0.3, -0.25) is 0 Å². The largest absolute Gasteiger partial charge is 0.302 e. The lowest BCUT2D eigenvalue weighted by atomic mass is 10.0. The summed E-state index contributed by atoms with van der Waals surface area (Å²) in [5.41, 5.74) is 0. The molecule has 0 saturated carbocycles. The summed E-state index contributed by atoms with van der Waals surface area (Å²) in [5.74, 6) is 1.17. The van der Waals surface area contributed by atoms with Crippen LogP contribution in [0.5, 0.6) is 0 Å². The third kappa shape index (κ3) is 1.29. The van der Waals surface area contributed by atoms with E-state index in [1.807, 2.05) is 11.8 Å². The molecule has 0 aromatic rings. The van der Waals surface area contributed by atoms with E-state index in [-0.39, 0.29) is 4.75 Å². The molecule has 1 nitrogen and oxygen atoms in total. The Hall–Kier alpha value is 0.0200. The molecule has 0 radical (unpaired) electrons. The van der Waals surface area contributed by atoms with Gasteiger partial charge in [-0.1, -0.05) is 6.92 Å². The fourth-order valence-electron chi connectivity index (χ4n) is 1.17. The van der Waals surface area contributed by atoms with Crippen LogP contribution in [0.15, 0.2) is 0 Å². The molecule has 0 aromatic heterocycles. The lowest BCUT2D eigenvalue weighted by Crippen LogP contribution is -2.20. The molecule has 0 aliphatic carbocycles. The summed E-state index contributed by atoms with van der Waals surface area (Å²) in [4.78, 5) is 10.5. The average molecular weight is 144 g/mol. The highest BCUT2D eigenvalue weighted by Crippen LogP contribution is 2.38. The van der Waals surface area contributed by atoms with Crippen LogP contribution in [0, 0.1) is 0 Å². The monoisotopic (exact) mass is 144 g/mol. The first-order valence-electron chi connectivity index (χ1n) is 3.43. The van der Waals surface area contributed by atoms with Crippen LogP contribution in [0.1, 0.15) is 26.2 Å². The number of carbonyl (C=O) groups excluding carboxylic acids is 1. The van der Waals surface area contributed by atoms with Gasteiger partial charge in [0, 0.05) is 0 Å². The highest BCUT2D eigenvalue weighted by molar-refractivity contribution is 8.01. The zero-order valence-corrected chi connectivity index (χ0v) is 6.54. The van der Waals surface area contributed by atoms with E-state index in [9.17, 15) is 4.79 Å². The van der Waals surface area contributed by atoms with Crippen molar-refractivity contribution in [2.45, 2.75) is 30.9 Å². The van der Waals surface area contributed by atoms with Gasteiger partial charge in [-0.05, 0) is 25.0 Å². The Morgan fingerprint density at radius 1 is 1.78 bits per heavy atom. The van der Waals surface area contributed by atoms with Crippen LogP contribution in [0.25, 0.3) is 0 Å². The van der Waals surface area contributed by atoms with E-state index in [0.717, 1.165) is 19.1 Å². The van der Waals surface area contributed by atoms with Crippen molar-refractivity contribution < 1.29 is 4.79 Å². The summed E-state index contributed by atoms with van der Waals surface area (Å²) in [6.45, 7) is 2.09. The quantitative estimate of drug-likeness (QED) is 0.550. The van der Waals surface area contributed by atoms with Crippen LogP contribution in [0.3, 0.4) is 0 Å². The van der Waals surface area contributed by atoms with E-state index in [2.05, 4.69) is 6.92 Å². The Morgan fingerprint density at radius 3 is 2.78 bits per heavy atom. The number of hydrogen-bond acceptors (Lipinski definition) is 2. The minimum atomic E-state index is 0.0139. The van der Waals surface area contributed by atoms with Gasteiger partial charge in [-0.2, -0.15) is 0 Å². The van der Waals surface area contributed by atoms with Gasteiger partial charge in [0.1, 0.15) is 6.29 Å². The Balaban J connectivity index is 2.55. The van der Waals surface area contributed by atoms with Gasteiger partial charge in [-0.25, -0.2) is 0 Å². The van der Waals surface area contributed by atoms with Gasteiger partial charge >= 0.3 is 0 Å². The first kappa shape index (κ1) is 7.13. The Kier molecular flexibility index (Phi) is 2.17. The maximum absolute atomic E-state index is 10.5. The predicted octanol–water partition coefficient (Wildman–Crippen LogP) is 1.86. The summed E-state index contributed by atoms with van der Waals surface area (Å²) in [7, 11) is 0. The van der Waals surface area contributed by atoms with Crippen molar-refractivity contribution in [1.82, 2.24) is 0 Å². The molecule has 52 valence electrons. The third-order valence-corrected chi connectivity index (χ3v) is 3.60. The molecule has 0 aromatic carbocycles. The highest BCUT2D eigenvalue weighted by Gasteiger charge is 2.31. The second-order valence-electron chi connectivity index (χ2n) is 2.49. The topological polar surface area (TPSA) is 17.1 Å². The minimum Gasteiger partial charge on any atom is -0.302 e. The van der Waals surface area contributed by atoms with Crippen LogP contribution in [-0.4, -0.2) is 16.8 Å². The van der Waals surface area contributed by atoms with Crippen molar-refractivity contribution in [1.29, 1.82) is 0 Å². The van der Waals surface area contributed by atoms with Gasteiger partial charge in [0.15, 0.2) is 0 Å². The van der Waals surface area contributed by atoms with Crippen LogP contribution in [0.2, 0.25) is 0 Å². The number of aldehydes is 1. The van der Waals surface area contributed by atoms with E-state index in [1.165, 1.54) is 12.2 Å². The van der Waals surface area contributed by atoms with E-state index >= 15 is 0 Å². The van der Waals surface area contributed by atoms with E-state index in [0.29, 0.717) is 0 Å². The molecule has 0 bridgehead atoms. The van der Waals surface area contributed by atoms with Gasteiger partial charge in [0.05, 0.1) is 4.75 Å². The maximum atomic E-state index is 10.5. The Labute approximate surface area is 60.2 Å². The van der Waals surface area contributed by atoms with Gasteiger partial charge in [-0.15, -0.1) is 11.8 Å². The molecule has 1 saturated heterocycles. The molecule has 1 rings (SSSR count). The van der Waals surface area contributed by atoms with Crippen molar-refractivity contribution in [3.8, 4) is 0 Å². The van der Waals surface area contributed by atoms with Crippen molar-refractivity contribution in [2.24, 2.45) is 0 Å². The third-order valence-electron chi connectivity index (χ3n) is 1.95. The van der Waals surface area contributed by atoms with Crippen molar-refractivity contribution in [3.63, 3.8) is 0 Å². The van der Waals surface area contributed by atoms with Gasteiger partial charge in [0.25, 0.3) is 0 Å². The lowest BCUT2D eigenvalue weighted by molar-refractivity contribution is -0.109. The molecular weight excluding hydrogens is 132 g/mol. The molecule has 1 fully saturated rings. The average Bonchev–Trinajstić information content (AvgIpc) is 2.36. The molecule has 1 aliphatic rings. The fraction of sp³-hybridized carbons (Fsp3) is 0.857. The highest BCUT2D eigenvalue weighted by atomic mass is 32.2. The number of thioether (sulfide) groups is 1. The first-order chi connectivity index (χ1) is 4.33. The van der Waals surface area contributed by atoms with E-state index < -0.39 is 0 Å². The second-order valence-corrected chi connectivity index (χ2v) is 4.00. The summed E-state index contributed by atoms with van der Waals surface area (Å²) in [6, 6.07) is 0. The molecule has 0 spiro atoms. The number of hydrogen-bond donors (Lipinski definition) is 0.